The van der Waals surface area contributed by atoms with Crippen LogP contribution in [0, 0.1) is 12.7 Å². The summed E-state index contributed by atoms with van der Waals surface area (Å²) in [7, 11) is 0. The van der Waals surface area contributed by atoms with Crippen molar-refractivity contribution in [1.82, 2.24) is 14.9 Å². The van der Waals surface area contributed by atoms with Gasteiger partial charge in [-0.25, -0.2) is 14.5 Å². The first-order valence-corrected chi connectivity index (χ1v) is 9.72. The lowest BCUT2D eigenvalue weighted by molar-refractivity contribution is -0.113. The van der Waals surface area contributed by atoms with Gasteiger partial charge >= 0.3 is 0 Å². The fraction of sp³-hybridized carbons (Fsp3) is 0.111. The highest BCUT2D eigenvalue weighted by molar-refractivity contribution is 7.99. The number of carbonyl (C=O) groups excluding carboxylic acids is 1. The molecule has 0 unspecified atom stereocenters. The molecule has 11 heteroatoms. The van der Waals surface area contributed by atoms with Gasteiger partial charge in [0.05, 0.1) is 12.0 Å². The Morgan fingerprint density at radius 1 is 1.31 bits per heavy atom. The number of carbonyl (C=O) groups is 1. The normalized spacial score (nSPS) is 11.0. The molecule has 0 spiro atoms. The number of thioether (sulfide) groups is 1. The molecule has 1 aromatic heterocycles. The average molecular weight is 434 g/mol. The summed E-state index contributed by atoms with van der Waals surface area (Å²) in [5, 5.41) is 15.5. The predicted molar refractivity (Wildman–Crippen MR) is 113 cm³/mol. The number of nitrogens with one attached hydrogen (secondary N) is 2. The number of nitrogens with two attached hydrogens (primary N) is 1. The van der Waals surface area contributed by atoms with Crippen LogP contribution in [0.15, 0.2) is 52.7 Å². The molecule has 0 fully saturated rings. The minimum atomic E-state index is -0.326. The molecule has 0 aliphatic rings. The van der Waals surface area contributed by atoms with E-state index in [0.717, 1.165) is 17.3 Å². The van der Waals surface area contributed by atoms with E-state index in [1.807, 2.05) is 13.0 Å². The smallest absolute Gasteiger partial charge is 0.264 e. The van der Waals surface area contributed by atoms with E-state index in [9.17, 15) is 9.18 Å². The van der Waals surface area contributed by atoms with Gasteiger partial charge < -0.3 is 11.2 Å². The summed E-state index contributed by atoms with van der Waals surface area (Å²) in [6.07, 6.45) is 1.49. The van der Waals surface area contributed by atoms with Crippen molar-refractivity contribution < 1.29 is 9.18 Å². The first-order chi connectivity index (χ1) is 13.9. The zero-order chi connectivity index (χ0) is 20.8. The van der Waals surface area contributed by atoms with Gasteiger partial charge in [-0.2, -0.15) is 5.10 Å². The molecule has 2 aromatic carbocycles. The molecule has 1 amide bonds. The molecule has 0 radical (unpaired) electrons. The Morgan fingerprint density at radius 2 is 2.07 bits per heavy atom. The standard InChI is InChI=1S/C18H17ClFN7OS/c1-11-2-5-13(19)8-15(11)23-16(28)10-29-18-26-25-17(27(18)21)24-22-9-12-3-6-14(20)7-4-12/h2-9H,10,21H2,1H3,(H,23,28)(H,24,25)/b22-9+. The Kier molecular flexibility index (Phi) is 6.68. The molecule has 0 saturated carbocycles. The maximum atomic E-state index is 12.9. The number of nitrogen functional groups attached to an aromatic ring is 1. The fourth-order valence-electron chi connectivity index (χ4n) is 2.21. The van der Waals surface area contributed by atoms with E-state index < -0.39 is 0 Å². The van der Waals surface area contributed by atoms with Gasteiger partial charge in [0.1, 0.15) is 5.82 Å². The Morgan fingerprint density at radius 3 is 2.83 bits per heavy atom. The van der Waals surface area contributed by atoms with Crippen molar-refractivity contribution in [2.45, 2.75) is 12.1 Å². The number of halogens is 2. The van der Waals surface area contributed by atoms with Crippen molar-refractivity contribution in [2.75, 3.05) is 22.3 Å². The molecule has 3 rings (SSSR count). The Hall–Kier alpha value is -3.11. The lowest BCUT2D eigenvalue weighted by Crippen LogP contribution is -2.17. The molecule has 0 bridgehead atoms. The first-order valence-electron chi connectivity index (χ1n) is 8.36. The third-order valence-electron chi connectivity index (χ3n) is 3.72. The number of amides is 1. The number of aryl methyl sites for hydroxylation is 1. The number of hydrazone groups is 1. The van der Waals surface area contributed by atoms with Crippen molar-refractivity contribution in [3.63, 3.8) is 0 Å². The van der Waals surface area contributed by atoms with Crippen LogP contribution in [0.4, 0.5) is 16.0 Å². The van der Waals surface area contributed by atoms with E-state index in [1.165, 1.54) is 23.0 Å². The summed E-state index contributed by atoms with van der Waals surface area (Å²) < 4.78 is 14.1. The van der Waals surface area contributed by atoms with E-state index in [-0.39, 0.29) is 23.4 Å². The second-order valence-electron chi connectivity index (χ2n) is 5.89. The minimum absolute atomic E-state index is 0.0835. The van der Waals surface area contributed by atoms with E-state index >= 15 is 0 Å². The molecule has 0 saturated heterocycles. The Bertz CT molecular complexity index is 1040. The number of rotatable bonds is 7. The largest absolute Gasteiger partial charge is 0.334 e. The monoisotopic (exact) mass is 433 g/mol. The van der Waals surface area contributed by atoms with Crippen LogP contribution in [0.1, 0.15) is 11.1 Å². The number of anilines is 2. The summed E-state index contributed by atoms with van der Waals surface area (Å²) in [4.78, 5) is 12.2. The molecule has 8 nitrogen and oxygen atoms in total. The quantitative estimate of drug-likeness (QED) is 0.228. The van der Waals surface area contributed by atoms with Gasteiger partial charge in [-0.15, -0.1) is 10.2 Å². The summed E-state index contributed by atoms with van der Waals surface area (Å²) in [6, 6.07) is 11.1. The highest BCUT2D eigenvalue weighted by atomic mass is 35.5. The summed E-state index contributed by atoms with van der Waals surface area (Å²) in [5.74, 6) is 5.64. The van der Waals surface area contributed by atoms with E-state index in [1.54, 1.807) is 24.3 Å². The number of hydrogen-bond acceptors (Lipinski definition) is 7. The molecule has 0 atom stereocenters. The van der Waals surface area contributed by atoms with Crippen molar-refractivity contribution in [2.24, 2.45) is 5.10 Å². The van der Waals surface area contributed by atoms with Crippen LogP contribution in [0.2, 0.25) is 5.02 Å². The lowest BCUT2D eigenvalue weighted by atomic mass is 10.2. The van der Waals surface area contributed by atoms with E-state index in [4.69, 9.17) is 17.4 Å². The highest BCUT2D eigenvalue weighted by Crippen LogP contribution is 2.21. The summed E-state index contributed by atoms with van der Waals surface area (Å²) in [6.45, 7) is 1.88. The lowest BCUT2D eigenvalue weighted by Gasteiger charge is -2.08. The second-order valence-corrected chi connectivity index (χ2v) is 7.27. The molecular formula is C18H17ClFN7OS. The number of hydrogen-bond donors (Lipinski definition) is 3. The molecule has 150 valence electrons. The topological polar surface area (TPSA) is 110 Å². The van der Waals surface area contributed by atoms with Gasteiger partial charge in [-0.3, -0.25) is 4.79 Å². The van der Waals surface area contributed by atoms with Crippen molar-refractivity contribution in [3.8, 4) is 0 Å². The van der Waals surface area contributed by atoms with Gasteiger partial charge in [0.2, 0.25) is 11.1 Å². The molecule has 1 heterocycles. The molecular weight excluding hydrogens is 417 g/mol. The fourth-order valence-corrected chi connectivity index (χ4v) is 3.04. The van der Waals surface area contributed by atoms with Gasteiger partial charge in [-0.05, 0) is 42.3 Å². The van der Waals surface area contributed by atoms with Crippen molar-refractivity contribution in [1.29, 1.82) is 0 Å². The van der Waals surface area contributed by atoms with Gasteiger partial charge in [0.25, 0.3) is 5.95 Å². The van der Waals surface area contributed by atoms with Crippen LogP contribution in [0.25, 0.3) is 0 Å². The first kappa shape index (κ1) is 20.6. The average Bonchev–Trinajstić information content (AvgIpc) is 3.04. The Labute approximate surface area is 175 Å². The van der Waals surface area contributed by atoms with Crippen LogP contribution in [-0.4, -0.2) is 32.7 Å². The third kappa shape index (κ3) is 5.69. The minimum Gasteiger partial charge on any atom is -0.334 e. The van der Waals surface area contributed by atoms with Crippen LogP contribution < -0.4 is 16.6 Å². The molecule has 29 heavy (non-hydrogen) atoms. The zero-order valence-electron chi connectivity index (χ0n) is 15.3. The molecule has 3 aromatic rings. The van der Waals surface area contributed by atoms with Crippen molar-refractivity contribution in [3.05, 3.63) is 64.4 Å². The van der Waals surface area contributed by atoms with E-state index in [0.29, 0.717) is 21.4 Å². The second kappa shape index (κ2) is 9.39. The molecule has 0 aliphatic carbocycles. The van der Waals surface area contributed by atoms with Gasteiger partial charge in [0, 0.05) is 10.7 Å². The SMILES string of the molecule is Cc1ccc(Cl)cc1NC(=O)CSc1nnc(N/N=C/c2ccc(F)cc2)n1N. The number of aromatic nitrogens is 3. The summed E-state index contributed by atoms with van der Waals surface area (Å²) in [5.41, 5.74) is 4.90. The number of benzene rings is 2. The zero-order valence-corrected chi connectivity index (χ0v) is 16.8. The van der Waals surface area contributed by atoms with Gasteiger partial charge in [-0.1, -0.05) is 41.6 Å². The van der Waals surface area contributed by atoms with E-state index in [2.05, 4.69) is 26.0 Å². The summed E-state index contributed by atoms with van der Waals surface area (Å²) >= 11 is 7.08. The van der Waals surface area contributed by atoms with Gasteiger partial charge in [0.15, 0.2) is 0 Å². The predicted octanol–water partition coefficient (Wildman–Crippen LogP) is 3.27. The van der Waals surface area contributed by atoms with Crippen LogP contribution in [0.5, 0.6) is 0 Å². The van der Waals surface area contributed by atoms with Crippen LogP contribution in [-0.2, 0) is 4.79 Å². The number of nitrogens with zero attached hydrogens (tertiary/aromatic N) is 4. The molecule has 0 aliphatic heterocycles. The molecule has 4 N–H and O–H groups in total. The maximum Gasteiger partial charge on any atom is 0.264 e. The highest BCUT2D eigenvalue weighted by Gasteiger charge is 2.12. The van der Waals surface area contributed by atoms with Crippen LogP contribution >= 0.6 is 23.4 Å². The Balaban J connectivity index is 1.54. The third-order valence-corrected chi connectivity index (χ3v) is 4.90. The van der Waals surface area contributed by atoms with Crippen LogP contribution in [0.3, 0.4) is 0 Å². The van der Waals surface area contributed by atoms with Crippen molar-refractivity contribution >= 4 is 47.1 Å². The maximum absolute atomic E-state index is 12.9.